The van der Waals surface area contributed by atoms with Crippen molar-refractivity contribution < 1.29 is 14.3 Å². The first-order valence-electron chi connectivity index (χ1n) is 6.84. The van der Waals surface area contributed by atoms with Crippen LogP contribution in [0.5, 0.6) is 0 Å². The minimum Gasteiger partial charge on any atom is -0.380 e. The van der Waals surface area contributed by atoms with Crippen LogP contribution >= 0.6 is 0 Å². The van der Waals surface area contributed by atoms with Crippen LogP contribution in [-0.2, 0) is 14.3 Å². The smallest absolute Gasteiger partial charge is 0.245 e. The van der Waals surface area contributed by atoms with Gasteiger partial charge in [0.25, 0.3) is 0 Å². The highest BCUT2D eigenvalue weighted by Gasteiger charge is 2.38. The zero-order valence-corrected chi connectivity index (χ0v) is 11.6. The second-order valence-corrected chi connectivity index (χ2v) is 4.50. The minimum atomic E-state index is -0.368. The van der Waals surface area contributed by atoms with Gasteiger partial charge in [-0.3, -0.25) is 9.59 Å². The molecule has 2 atom stereocenters. The predicted molar refractivity (Wildman–Crippen MR) is 69.1 cm³/mol. The number of amides is 2. The molecule has 1 fully saturated rings. The lowest BCUT2D eigenvalue weighted by Crippen LogP contribution is -2.63. The van der Waals surface area contributed by atoms with Gasteiger partial charge in [0.1, 0.15) is 12.1 Å². The first kappa shape index (κ1) is 15.0. The molecule has 2 unspecified atom stereocenters. The summed E-state index contributed by atoms with van der Waals surface area (Å²) >= 11 is 0. The van der Waals surface area contributed by atoms with E-state index in [1.54, 1.807) is 4.90 Å². The molecule has 0 spiro atoms. The topological polar surface area (TPSA) is 58.6 Å². The Labute approximate surface area is 109 Å². The fourth-order valence-electron chi connectivity index (χ4n) is 2.24. The Hall–Kier alpha value is -1.10. The average molecular weight is 256 g/mol. The Balaban J connectivity index is 2.73. The first-order valence-corrected chi connectivity index (χ1v) is 6.84. The number of nitrogens with one attached hydrogen (secondary N) is 1. The summed E-state index contributed by atoms with van der Waals surface area (Å²) in [5.74, 6) is -0.00458. The third kappa shape index (κ3) is 3.45. The van der Waals surface area contributed by atoms with Crippen molar-refractivity contribution in [3.63, 3.8) is 0 Å². The Morgan fingerprint density at radius 1 is 1.28 bits per heavy atom. The van der Waals surface area contributed by atoms with Crippen LogP contribution < -0.4 is 5.32 Å². The molecule has 18 heavy (non-hydrogen) atoms. The summed E-state index contributed by atoms with van der Waals surface area (Å²) in [7, 11) is 0. The van der Waals surface area contributed by atoms with Crippen LogP contribution in [-0.4, -0.2) is 48.6 Å². The van der Waals surface area contributed by atoms with Gasteiger partial charge in [-0.25, -0.2) is 0 Å². The van der Waals surface area contributed by atoms with Crippen molar-refractivity contribution in [3.8, 4) is 0 Å². The first-order chi connectivity index (χ1) is 8.65. The van der Waals surface area contributed by atoms with E-state index in [9.17, 15) is 9.59 Å². The molecule has 1 aliphatic rings. The van der Waals surface area contributed by atoms with Gasteiger partial charge in [-0.1, -0.05) is 20.3 Å². The summed E-state index contributed by atoms with van der Waals surface area (Å²) in [6.45, 7) is 7.47. The van der Waals surface area contributed by atoms with E-state index in [1.165, 1.54) is 0 Å². The molecule has 2 amide bonds. The maximum atomic E-state index is 12.2. The molecule has 5 nitrogen and oxygen atoms in total. The van der Waals surface area contributed by atoms with Crippen LogP contribution in [0.1, 0.15) is 40.0 Å². The molecular weight excluding hydrogens is 232 g/mol. The highest BCUT2D eigenvalue weighted by atomic mass is 16.5. The maximum absolute atomic E-state index is 12.2. The predicted octanol–water partition coefficient (Wildman–Crippen LogP) is 0.929. The van der Waals surface area contributed by atoms with Crippen LogP contribution in [0.4, 0.5) is 0 Å². The van der Waals surface area contributed by atoms with Crippen molar-refractivity contribution >= 4 is 11.8 Å². The summed E-state index contributed by atoms with van der Waals surface area (Å²) < 4.78 is 5.29. The number of hydrogen-bond acceptors (Lipinski definition) is 3. The van der Waals surface area contributed by atoms with Crippen molar-refractivity contribution in [3.05, 3.63) is 0 Å². The molecule has 0 radical (unpaired) electrons. The number of carbonyl (C=O) groups excluding carboxylic acids is 2. The summed E-state index contributed by atoms with van der Waals surface area (Å²) in [6.07, 6.45) is 2.22. The zero-order valence-electron chi connectivity index (χ0n) is 11.6. The van der Waals surface area contributed by atoms with E-state index in [0.717, 1.165) is 6.42 Å². The highest BCUT2D eigenvalue weighted by molar-refractivity contribution is 5.96. The van der Waals surface area contributed by atoms with Gasteiger partial charge in [0, 0.05) is 13.2 Å². The molecule has 0 bridgehead atoms. The SMILES string of the molecule is CCCC1C(=O)NC(CC)C(=O)N1CCOCC. The van der Waals surface area contributed by atoms with Crippen LogP contribution in [0.15, 0.2) is 0 Å². The van der Waals surface area contributed by atoms with Gasteiger partial charge in [0.05, 0.1) is 6.61 Å². The lowest BCUT2D eigenvalue weighted by molar-refractivity contribution is -0.150. The molecule has 1 saturated heterocycles. The van der Waals surface area contributed by atoms with Crippen LogP contribution in [0, 0.1) is 0 Å². The number of rotatable bonds is 7. The quantitative estimate of drug-likeness (QED) is 0.689. The molecular formula is C13H24N2O3. The molecule has 1 aliphatic heterocycles. The number of carbonyl (C=O) groups is 2. The standard InChI is InChI=1S/C13H24N2O3/c1-4-7-11-12(16)14-10(5-2)13(17)15(11)8-9-18-6-3/h10-11H,4-9H2,1-3H3,(H,14,16). The summed E-state index contributed by atoms with van der Waals surface area (Å²) in [6, 6.07) is -0.696. The number of hydrogen-bond donors (Lipinski definition) is 1. The minimum absolute atomic E-state index is 0.0234. The summed E-state index contributed by atoms with van der Waals surface area (Å²) in [4.78, 5) is 25.9. The lowest BCUT2D eigenvalue weighted by Gasteiger charge is -2.38. The molecule has 1 rings (SSSR count). The molecule has 0 saturated carbocycles. The summed E-state index contributed by atoms with van der Waals surface area (Å²) in [5.41, 5.74) is 0. The maximum Gasteiger partial charge on any atom is 0.245 e. The molecule has 0 aromatic carbocycles. The van der Waals surface area contributed by atoms with E-state index in [-0.39, 0.29) is 23.9 Å². The third-order valence-corrected chi connectivity index (χ3v) is 3.23. The van der Waals surface area contributed by atoms with E-state index in [1.807, 2.05) is 20.8 Å². The third-order valence-electron chi connectivity index (χ3n) is 3.23. The Morgan fingerprint density at radius 2 is 2.00 bits per heavy atom. The van der Waals surface area contributed by atoms with Crippen LogP contribution in [0.3, 0.4) is 0 Å². The second kappa shape index (κ2) is 7.36. The van der Waals surface area contributed by atoms with Gasteiger partial charge in [0.15, 0.2) is 0 Å². The van der Waals surface area contributed by atoms with Gasteiger partial charge in [-0.2, -0.15) is 0 Å². The van der Waals surface area contributed by atoms with Crippen LogP contribution in [0.25, 0.3) is 0 Å². The van der Waals surface area contributed by atoms with E-state index < -0.39 is 0 Å². The van der Waals surface area contributed by atoms with E-state index in [4.69, 9.17) is 4.74 Å². The normalized spacial score (nSPS) is 24.3. The number of piperazine rings is 1. The Kier molecular flexibility index (Phi) is 6.12. The van der Waals surface area contributed by atoms with Gasteiger partial charge < -0.3 is 15.0 Å². The Bertz CT molecular complexity index is 294. The monoisotopic (exact) mass is 256 g/mol. The molecule has 1 heterocycles. The van der Waals surface area contributed by atoms with Gasteiger partial charge in [-0.15, -0.1) is 0 Å². The van der Waals surface area contributed by atoms with Crippen molar-refractivity contribution in [1.29, 1.82) is 0 Å². The van der Waals surface area contributed by atoms with Crippen LogP contribution in [0.2, 0.25) is 0 Å². The zero-order chi connectivity index (χ0) is 13.5. The van der Waals surface area contributed by atoms with Gasteiger partial charge in [0.2, 0.25) is 11.8 Å². The van der Waals surface area contributed by atoms with Crippen molar-refractivity contribution in [2.24, 2.45) is 0 Å². The van der Waals surface area contributed by atoms with E-state index >= 15 is 0 Å². The largest absolute Gasteiger partial charge is 0.380 e. The molecule has 0 aromatic rings. The van der Waals surface area contributed by atoms with E-state index in [0.29, 0.717) is 32.6 Å². The summed E-state index contributed by atoms with van der Waals surface area (Å²) in [5, 5.41) is 2.80. The molecule has 104 valence electrons. The van der Waals surface area contributed by atoms with Crippen molar-refractivity contribution in [2.75, 3.05) is 19.8 Å². The second-order valence-electron chi connectivity index (χ2n) is 4.50. The van der Waals surface area contributed by atoms with E-state index in [2.05, 4.69) is 5.32 Å². The number of nitrogens with zero attached hydrogens (tertiary/aromatic N) is 1. The molecule has 0 aliphatic carbocycles. The fourth-order valence-corrected chi connectivity index (χ4v) is 2.24. The van der Waals surface area contributed by atoms with Gasteiger partial charge >= 0.3 is 0 Å². The highest BCUT2D eigenvalue weighted by Crippen LogP contribution is 2.16. The van der Waals surface area contributed by atoms with Crippen molar-refractivity contribution in [1.82, 2.24) is 10.2 Å². The number of ether oxygens (including phenoxy) is 1. The fraction of sp³-hybridized carbons (Fsp3) is 0.846. The molecule has 1 N–H and O–H groups in total. The van der Waals surface area contributed by atoms with Crippen molar-refractivity contribution in [2.45, 2.75) is 52.1 Å². The molecule has 0 aromatic heterocycles. The molecule has 5 heteroatoms. The Morgan fingerprint density at radius 3 is 2.56 bits per heavy atom. The lowest BCUT2D eigenvalue weighted by atomic mass is 10.0. The average Bonchev–Trinajstić information content (AvgIpc) is 2.37. The van der Waals surface area contributed by atoms with Gasteiger partial charge in [-0.05, 0) is 19.8 Å².